The van der Waals surface area contributed by atoms with Gasteiger partial charge in [-0.3, -0.25) is 4.79 Å². The molecule has 1 atom stereocenters. The van der Waals surface area contributed by atoms with Crippen LogP contribution in [0.5, 0.6) is 0 Å². The highest BCUT2D eigenvalue weighted by Gasteiger charge is 2.24. The number of nitrogens with one attached hydrogen (secondary N) is 1. The third-order valence-electron chi connectivity index (χ3n) is 4.04. The molecule has 0 bridgehead atoms. The number of hydrogen-bond donors (Lipinski definition) is 3. The maximum Gasteiger partial charge on any atom is 0.321 e. The highest BCUT2D eigenvalue weighted by molar-refractivity contribution is 7.89. The Bertz CT molecular complexity index is 943. The number of rotatable bonds is 10. The molecule has 8 nitrogen and oxygen atoms in total. The van der Waals surface area contributed by atoms with Crippen LogP contribution in [0.25, 0.3) is 0 Å². The zero-order valence-corrected chi connectivity index (χ0v) is 17.9. The second kappa shape index (κ2) is 10.4. The number of anilines is 1. The number of nitrogens with zero attached hydrogens (tertiary/aromatic N) is 3. The van der Waals surface area contributed by atoms with E-state index in [9.17, 15) is 18.3 Å². The quantitative estimate of drug-likeness (QED) is 0.389. The summed E-state index contributed by atoms with van der Waals surface area (Å²) in [7, 11) is -0.0754. The van der Waals surface area contributed by atoms with E-state index in [0.717, 1.165) is 5.69 Å². The molecule has 2 aromatic carbocycles. The van der Waals surface area contributed by atoms with Crippen LogP contribution >= 0.6 is 12.6 Å². The molecule has 156 valence electrons. The molecular formula is C19H24N4O4S2. The van der Waals surface area contributed by atoms with Crippen molar-refractivity contribution in [3.63, 3.8) is 0 Å². The van der Waals surface area contributed by atoms with Crippen molar-refractivity contribution in [2.45, 2.75) is 23.8 Å². The summed E-state index contributed by atoms with van der Waals surface area (Å²) in [5.41, 5.74) is 2.19. The summed E-state index contributed by atoms with van der Waals surface area (Å²) in [6, 6.07) is 12.1. The molecule has 0 aromatic heterocycles. The lowest BCUT2D eigenvalue weighted by atomic mass is 10.2. The van der Waals surface area contributed by atoms with Crippen molar-refractivity contribution < 1.29 is 18.3 Å². The molecule has 0 aliphatic carbocycles. The molecule has 0 saturated carbocycles. The minimum Gasteiger partial charge on any atom is -0.480 e. The Morgan fingerprint density at radius 3 is 2.03 bits per heavy atom. The Balaban J connectivity index is 2.09. The molecule has 0 spiro atoms. The molecule has 0 saturated heterocycles. The van der Waals surface area contributed by atoms with E-state index in [0.29, 0.717) is 23.5 Å². The van der Waals surface area contributed by atoms with Gasteiger partial charge in [0.1, 0.15) is 6.04 Å². The van der Waals surface area contributed by atoms with Gasteiger partial charge in [-0.1, -0.05) is 0 Å². The van der Waals surface area contributed by atoms with Crippen LogP contribution in [0.4, 0.5) is 17.1 Å². The van der Waals surface area contributed by atoms with Gasteiger partial charge in [0.15, 0.2) is 0 Å². The molecule has 2 aromatic rings. The van der Waals surface area contributed by atoms with Crippen LogP contribution in [0.1, 0.15) is 12.8 Å². The number of sulfonamides is 1. The lowest BCUT2D eigenvalue weighted by Gasteiger charge is -2.14. The Morgan fingerprint density at radius 1 is 1.07 bits per heavy atom. The smallest absolute Gasteiger partial charge is 0.321 e. The van der Waals surface area contributed by atoms with Crippen LogP contribution in [-0.2, 0) is 14.8 Å². The number of aliphatic carboxylic acids is 1. The van der Waals surface area contributed by atoms with E-state index in [4.69, 9.17) is 0 Å². The first-order valence-electron chi connectivity index (χ1n) is 8.88. The number of carboxylic acid groups (broad SMARTS) is 1. The molecule has 0 heterocycles. The standard InChI is InChI=1S/C19H24N4O4S2/c1-23(2)16-9-5-14(6-10-16)20-21-15-7-11-17(12-8-15)29(26,27)22-18(19(24)25)4-3-13-28/h5-12,18,22,28H,3-4,13H2,1-2H3,(H,24,25)/t18-/m0/s1. The van der Waals surface area contributed by atoms with Crippen molar-refractivity contribution >= 4 is 45.7 Å². The van der Waals surface area contributed by atoms with E-state index < -0.39 is 22.0 Å². The Hall–Kier alpha value is -2.43. The van der Waals surface area contributed by atoms with E-state index >= 15 is 0 Å². The average Bonchev–Trinajstić information content (AvgIpc) is 2.70. The van der Waals surface area contributed by atoms with Crippen molar-refractivity contribution in [2.24, 2.45) is 10.2 Å². The van der Waals surface area contributed by atoms with Gasteiger partial charge in [-0.25, -0.2) is 8.42 Å². The zero-order valence-electron chi connectivity index (χ0n) is 16.2. The summed E-state index contributed by atoms with van der Waals surface area (Å²) in [6.07, 6.45) is 0.647. The molecule has 2 N–H and O–H groups in total. The Morgan fingerprint density at radius 2 is 1.59 bits per heavy atom. The Kier molecular flexibility index (Phi) is 8.18. The monoisotopic (exact) mass is 436 g/mol. The predicted molar refractivity (Wildman–Crippen MR) is 116 cm³/mol. The highest BCUT2D eigenvalue weighted by Crippen LogP contribution is 2.22. The third-order valence-corrected chi connectivity index (χ3v) is 5.84. The number of carboxylic acids is 1. The molecule has 0 aliphatic heterocycles. The van der Waals surface area contributed by atoms with Gasteiger partial charge in [-0.05, 0) is 67.1 Å². The minimum atomic E-state index is -3.96. The fourth-order valence-electron chi connectivity index (χ4n) is 2.41. The summed E-state index contributed by atoms with van der Waals surface area (Å²) in [4.78, 5) is 13.2. The second-order valence-electron chi connectivity index (χ2n) is 6.48. The SMILES string of the molecule is CN(C)c1ccc(N=Nc2ccc(S(=O)(=O)N[C@@H](CCCS)C(=O)O)cc2)cc1. The minimum absolute atomic E-state index is 0.0380. The van der Waals surface area contributed by atoms with Gasteiger partial charge in [0.2, 0.25) is 10.0 Å². The highest BCUT2D eigenvalue weighted by atomic mass is 32.2. The van der Waals surface area contributed by atoms with Gasteiger partial charge in [-0.15, -0.1) is 0 Å². The zero-order chi connectivity index (χ0) is 21.4. The number of benzene rings is 2. The van der Waals surface area contributed by atoms with Crippen LogP contribution in [0.3, 0.4) is 0 Å². The summed E-state index contributed by atoms with van der Waals surface area (Å²) in [6.45, 7) is 0. The number of carbonyl (C=O) groups is 1. The molecule has 0 radical (unpaired) electrons. The van der Waals surface area contributed by atoms with Crippen molar-refractivity contribution in [3.8, 4) is 0 Å². The number of thiol groups is 1. The van der Waals surface area contributed by atoms with Crippen LogP contribution in [-0.4, -0.2) is 45.4 Å². The average molecular weight is 437 g/mol. The van der Waals surface area contributed by atoms with E-state index in [2.05, 4.69) is 27.6 Å². The molecule has 0 unspecified atom stereocenters. The van der Waals surface area contributed by atoms with Crippen LogP contribution in [0.2, 0.25) is 0 Å². The van der Waals surface area contributed by atoms with Gasteiger partial charge in [0.25, 0.3) is 0 Å². The molecule has 29 heavy (non-hydrogen) atoms. The lowest BCUT2D eigenvalue weighted by molar-refractivity contribution is -0.139. The van der Waals surface area contributed by atoms with Gasteiger partial charge in [0, 0.05) is 19.8 Å². The van der Waals surface area contributed by atoms with E-state index in [1.807, 2.05) is 43.3 Å². The van der Waals surface area contributed by atoms with E-state index in [-0.39, 0.29) is 11.3 Å². The topological polar surface area (TPSA) is 111 Å². The van der Waals surface area contributed by atoms with Gasteiger partial charge >= 0.3 is 5.97 Å². The molecule has 2 rings (SSSR count). The molecule has 10 heteroatoms. The largest absolute Gasteiger partial charge is 0.480 e. The fraction of sp³-hybridized carbons (Fsp3) is 0.316. The van der Waals surface area contributed by atoms with Crippen LogP contribution < -0.4 is 9.62 Å². The predicted octanol–water partition coefficient (Wildman–Crippen LogP) is 3.61. The number of hydrogen-bond acceptors (Lipinski definition) is 7. The van der Waals surface area contributed by atoms with Crippen LogP contribution in [0, 0.1) is 0 Å². The molecule has 0 fully saturated rings. The van der Waals surface area contributed by atoms with Gasteiger partial charge in [0.05, 0.1) is 16.3 Å². The lowest BCUT2D eigenvalue weighted by Crippen LogP contribution is -2.40. The third kappa shape index (κ3) is 6.84. The van der Waals surface area contributed by atoms with Crippen molar-refractivity contribution in [1.29, 1.82) is 0 Å². The van der Waals surface area contributed by atoms with Crippen LogP contribution in [0.15, 0.2) is 63.7 Å². The Labute approximate surface area is 176 Å². The first kappa shape index (κ1) is 22.9. The molecule has 0 amide bonds. The normalized spacial score (nSPS) is 12.8. The first-order chi connectivity index (χ1) is 13.7. The summed E-state index contributed by atoms with van der Waals surface area (Å²) in [5.74, 6) is -0.746. The summed E-state index contributed by atoms with van der Waals surface area (Å²) < 4.78 is 27.1. The number of azo groups is 1. The summed E-state index contributed by atoms with van der Waals surface area (Å²) >= 11 is 4.02. The molecule has 0 aliphatic rings. The van der Waals surface area contributed by atoms with E-state index in [1.54, 1.807) is 0 Å². The van der Waals surface area contributed by atoms with E-state index in [1.165, 1.54) is 24.3 Å². The molecular weight excluding hydrogens is 412 g/mol. The second-order valence-corrected chi connectivity index (χ2v) is 8.64. The fourth-order valence-corrected chi connectivity index (χ4v) is 3.81. The summed E-state index contributed by atoms with van der Waals surface area (Å²) in [5, 5.41) is 17.4. The first-order valence-corrected chi connectivity index (χ1v) is 11.0. The van der Waals surface area contributed by atoms with Crippen molar-refractivity contribution in [1.82, 2.24) is 4.72 Å². The maximum atomic E-state index is 12.4. The maximum absolute atomic E-state index is 12.4. The van der Waals surface area contributed by atoms with Gasteiger partial charge in [-0.2, -0.15) is 27.6 Å². The van der Waals surface area contributed by atoms with Gasteiger partial charge < -0.3 is 10.0 Å². The van der Waals surface area contributed by atoms with Crippen molar-refractivity contribution in [2.75, 3.05) is 24.7 Å². The van der Waals surface area contributed by atoms with Crippen molar-refractivity contribution in [3.05, 3.63) is 48.5 Å².